The van der Waals surface area contributed by atoms with Gasteiger partial charge in [0, 0.05) is 22.7 Å². The van der Waals surface area contributed by atoms with E-state index in [1.807, 2.05) is 0 Å². The van der Waals surface area contributed by atoms with Gasteiger partial charge in [-0.3, -0.25) is 9.78 Å². The van der Waals surface area contributed by atoms with Crippen molar-refractivity contribution < 1.29 is 13.6 Å². The molecule has 0 aliphatic rings. The fourth-order valence-electron chi connectivity index (χ4n) is 3.03. The minimum absolute atomic E-state index is 0.0173. The average molecular weight is 475 g/mol. The lowest BCUT2D eigenvalue weighted by molar-refractivity contribution is 0.0946. The molecule has 2 N–H and O–H groups in total. The Bertz CT molecular complexity index is 1370. The zero-order valence-electron chi connectivity index (χ0n) is 16.2. The average Bonchev–Trinajstić information content (AvgIpc) is 3.15. The van der Waals surface area contributed by atoms with Crippen LogP contribution in [0.25, 0.3) is 17.1 Å². The summed E-state index contributed by atoms with van der Waals surface area (Å²) >= 11 is 12.1. The third-order valence-corrected chi connectivity index (χ3v) is 5.20. The van der Waals surface area contributed by atoms with Gasteiger partial charge in [-0.25, -0.2) is 13.6 Å². The third-order valence-electron chi connectivity index (χ3n) is 4.64. The first kappa shape index (κ1) is 21.7. The van der Waals surface area contributed by atoms with Crippen LogP contribution in [-0.2, 0) is 6.54 Å². The molecule has 3 aromatic carbocycles. The van der Waals surface area contributed by atoms with Crippen molar-refractivity contribution in [3.8, 4) is 17.1 Å². The van der Waals surface area contributed by atoms with Crippen LogP contribution in [0.3, 0.4) is 0 Å². The van der Waals surface area contributed by atoms with Crippen molar-refractivity contribution in [2.75, 3.05) is 0 Å². The molecule has 0 saturated carbocycles. The van der Waals surface area contributed by atoms with Gasteiger partial charge in [0.1, 0.15) is 11.6 Å². The molecule has 0 spiro atoms. The Morgan fingerprint density at radius 1 is 1.03 bits per heavy atom. The zero-order chi connectivity index (χ0) is 22.8. The highest BCUT2D eigenvalue weighted by atomic mass is 35.5. The van der Waals surface area contributed by atoms with E-state index in [1.54, 1.807) is 24.3 Å². The van der Waals surface area contributed by atoms with Crippen LogP contribution >= 0.6 is 23.2 Å². The molecule has 10 heteroatoms. The van der Waals surface area contributed by atoms with E-state index in [4.69, 9.17) is 23.2 Å². The molecule has 0 aliphatic carbocycles. The Morgan fingerprint density at radius 3 is 2.47 bits per heavy atom. The number of rotatable bonds is 5. The van der Waals surface area contributed by atoms with Gasteiger partial charge in [0.2, 0.25) is 0 Å². The summed E-state index contributed by atoms with van der Waals surface area (Å²) in [6.07, 6.45) is 0. The highest BCUT2D eigenvalue weighted by Gasteiger charge is 2.17. The van der Waals surface area contributed by atoms with Crippen LogP contribution < -0.4 is 11.0 Å². The van der Waals surface area contributed by atoms with Gasteiger partial charge in [0.05, 0.1) is 16.3 Å². The molecule has 0 unspecified atom stereocenters. The summed E-state index contributed by atoms with van der Waals surface area (Å²) in [7, 11) is 0. The summed E-state index contributed by atoms with van der Waals surface area (Å²) in [4.78, 5) is 27.2. The summed E-state index contributed by atoms with van der Waals surface area (Å²) < 4.78 is 29.3. The number of carbonyl (C=O) groups is 1. The third kappa shape index (κ3) is 4.42. The molecule has 0 radical (unpaired) electrons. The molecule has 0 saturated heterocycles. The van der Waals surface area contributed by atoms with Gasteiger partial charge in [0.15, 0.2) is 5.82 Å². The molecule has 1 aromatic heterocycles. The van der Waals surface area contributed by atoms with Crippen LogP contribution in [0.2, 0.25) is 10.0 Å². The number of benzene rings is 3. The standard InChI is InChI=1S/C22H14Cl2F2N4O2/c23-13-5-7-14(8-6-13)30-22(32)28-20(29-30)16-9-12(19(26)10-17(16)24)11-27-21(31)15-3-1-2-4-18(15)25/h1-10H,11H2,(H,27,31)(H,28,29,32). The largest absolute Gasteiger partial charge is 0.348 e. The van der Waals surface area contributed by atoms with Crippen molar-refractivity contribution in [1.82, 2.24) is 20.1 Å². The maximum atomic E-state index is 14.4. The Labute approximate surface area is 190 Å². The van der Waals surface area contributed by atoms with Crippen LogP contribution in [0.4, 0.5) is 8.78 Å². The van der Waals surface area contributed by atoms with E-state index in [0.29, 0.717) is 10.7 Å². The lowest BCUT2D eigenvalue weighted by Gasteiger charge is -2.10. The van der Waals surface area contributed by atoms with E-state index in [-0.39, 0.29) is 34.1 Å². The molecule has 6 nitrogen and oxygen atoms in total. The number of aromatic amines is 1. The van der Waals surface area contributed by atoms with E-state index in [1.165, 1.54) is 24.3 Å². The second-order valence-corrected chi connectivity index (χ2v) is 7.60. The summed E-state index contributed by atoms with van der Waals surface area (Å²) in [6, 6.07) is 14.3. The van der Waals surface area contributed by atoms with Crippen LogP contribution in [0.1, 0.15) is 15.9 Å². The maximum Gasteiger partial charge on any atom is 0.348 e. The summed E-state index contributed by atoms with van der Waals surface area (Å²) in [5.41, 5.74) is 0.117. The Morgan fingerprint density at radius 2 is 1.75 bits per heavy atom. The predicted octanol–water partition coefficient (Wildman–Crippen LogP) is 4.74. The Hall–Kier alpha value is -3.49. The van der Waals surface area contributed by atoms with E-state index in [9.17, 15) is 18.4 Å². The van der Waals surface area contributed by atoms with E-state index in [0.717, 1.165) is 16.8 Å². The lowest BCUT2D eigenvalue weighted by Crippen LogP contribution is -2.24. The topological polar surface area (TPSA) is 79.8 Å². The van der Waals surface area contributed by atoms with Crippen LogP contribution in [0, 0.1) is 11.6 Å². The van der Waals surface area contributed by atoms with Crippen molar-refractivity contribution in [1.29, 1.82) is 0 Å². The van der Waals surface area contributed by atoms with Gasteiger partial charge >= 0.3 is 5.69 Å². The number of aromatic nitrogens is 3. The van der Waals surface area contributed by atoms with Crippen molar-refractivity contribution in [3.05, 3.63) is 104 Å². The second-order valence-electron chi connectivity index (χ2n) is 6.75. The van der Waals surface area contributed by atoms with Crippen molar-refractivity contribution in [2.24, 2.45) is 0 Å². The number of halogens is 4. The first-order valence-electron chi connectivity index (χ1n) is 9.30. The molecular weight excluding hydrogens is 461 g/mol. The van der Waals surface area contributed by atoms with Crippen molar-refractivity contribution >= 4 is 29.1 Å². The number of H-pyrrole nitrogens is 1. The molecular formula is C22H14Cl2F2N4O2. The Balaban J connectivity index is 1.62. The van der Waals surface area contributed by atoms with Crippen LogP contribution in [0.15, 0.2) is 65.5 Å². The first-order chi connectivity index (χ1) is 15.3. The van der Waals surface area contributed by atoms with Crippen molar-refractivity contribution in [2.45, 2.75) is 6.54 Å². The molecule has 162 valence electrons. The predicted molar refractivity (Wildman–Crippen MR) is 117 cm³/mol. The molecule has 0 bridgehead atoms. The van der Waals surface area contributed by atoms with Crippen LogP contribution in [-0.4, -0.2) is 20.7 Å². The minimum Gasteiger partial charge on any atom is -0.348 e. The Kier molecular flexibility index (Phi) is 6.07. The normalized spacial score (nSPS) is 10.9. The van der Waals surface area contributed by atoms with E-state index < -0.39 is 23.2 Å². The van der Waals surface area contributed by atoms with Gasteiger partial charge in [0.25, 0.3) is 5.91 Å². The smallest absolute Gasteiger partial charge is 0.348 e. The molecule has 32 heavy (non-hydrogen) atoms. The van der Waals surface area contributed by atoms with Gasteiger partial charge in [-0.1, -0.05) is 35.3 Å². The summed E-state index contributed by atoms with van der Waals surface area (Å²) in [6.45, 7) is -0.231. The summed E-state index contributed by atoms with van der Waals surface area (Å²) in [5.74, 6) is -1.95. The fraction of sp³-hybridized carbons (Fsp3) is 0.0455. The number of hydrogen-bond donors (Lipinski definition) is 2. The number of nitrogens with zero attached hydrogens (tertiary/aromatic N) is 2. The molecule has 4 rings (SSSR count). The quantitative estimate of drug-likeness (QED) is 0.438. The van der Waals surface area contributed by atoms with Gasteiger partial charge in [-0.05, 0) is 48.5 Å². The van der Waals surface area contributed by atoms with Gasteiger partial charge in [-0.2, -0.15) is 4.68 Å². The minimum atomic E-state index is -0.695. The molecule has 0 aliphatic heterocycles. The van der Waals surface area contributed by atoms with Crippen molar-refractivity contribution in [3.63, 3.8) is 0 Å². The molecule has 1 amide bonds. The molecule has 0 fully saturated rings. The molecule has 1 heterocycles. The zero-order valence-corrected chi connectivity index (χ0v) is 17.7. The molecule has 4 aromatic rings. The first-order valence-corrected chi connectivity index (χ1v) is 10.1. The lowest BCUT2D eigenvalue weighted by atomic mass is 10.1. The monoisotopic (exact) mass is 474 g/mol. The number of amides is 1. The van der Waals surface area contributed by atoms with Gasteiger partial charge in [-0.15, -0.1) is 5.10 Å². The number of hydrogen-bond acceptors (Lipinski definition) is 3. The highest BCUT2D eigenvalue weighted by molar-refractivity contribution is 6.33. The highest BCUT2D eigenvalue weighted by Crippen LogP contribution is 2.28. The SMILES string of the molecule is O=C(NCc1cc(-c2nn(-c3ccc(Cl)cc3)c(=O)[nH]2)c(Cl)cc1F)c1ccccc1F. The fourth-order valence-corrected chi connectivity index (χ4v) is 3.40. The van der Waals surface area contributed by atoms with Gasteiger partial charge < -0.3 is 5.32 Å². The molecule has 0 atom stereocenters. The van der Waals surface area contributed by atoms with E-state index >= 15 is 0 Å². The second kappa shape index (κ2) is 8.94. The van der Waals surface area contributed by atoms with Crippen LogP contribution in [0.5, 0.6) is 0 Å². The summed E-state index contributed by atoms with van der Waals surface area (Å²) in [5, 5.41) is 7.22. The maximum absolute atomic E-state index is 14.4. The number of nitrogens with one attached hydrogen (secondary N) is 2. The van der Waals surface area contributed by atoms with E-state index in [2.05, 4.69) is 15.4 Å². The number of carbonyl (C=O) groups excluding carboxylic acids is 1.